The van der Waals surface area contributed by atoms with Gasteiger partial charge in [0.1, 0.15) is 5.00 Å². The highest BCUT2D eigenvalue weighted by atomic mass is 32.2. The van der Waals surface area contributed by atoms with Crippen LogP contribution < -0.4 is 11.1 Å². The zero-order chi connectivity index (χ0) is 27.8. The number of fused-ring (bicyclic) bond motifs is 2. The van der Waals surface area contributed by atoms with Gasteiger partial charge in [0.15, 0.2) is 11.0 Å². The maximum atomic E-state index is 13.0. The summed E-state index contributed by atoms with van der Waals surface area (Å²) in [6.45, 7) is 2.20. The second-order valence-electron chi connectivity index (χ2n) is 10.1. The van der Waals surface area contributed by atoms with Crippen LogP contribution in [0.2, 0.25) is 0 Å². The van der Waals surface area contributed by atoms with Crippen molar-refractivity contribution in [3.63, 3.8) is 0 Å². The number of nitrogens with one attached hydrogen (secondary N) is 1. The topological polar surface area (TPSA) is 116 Å². The van der Waals surface area contributed by atoms with Gasteiger partial charge >= 0.3 is 0 Å². The van der Waals surface area contributed by atoms with Crippen molar-refractivity contribution >= 4 is 50.8 Å². The number of carbonyl (C=O) groups excluding carboxylic acids is 2. The van der Waals surface area contributed by atoms with Gasteiger partial charge < -0.3 is 15.6 Å². The minimum atomic E-state index is -0.493. The van der Waals surface area contributed by atoms with Gasteiger partial charge in [-0.25, -0.2) is 4.98 Å². The first kappa shape index (κ1) is 26.2. The standard InChI is InChI=1S/C30H28N6O2S2/c1-17-12-13-20-24(14-17)40-29(26(20)27(31)38)33-25(37)16-39-30-35-34-28(36(30)2)21-15-23(18-8-4-3-5-9-18)32-22-11-7-6-10-19(21)22/h3-11,15,17H,12-14,16H2,1-2H3,(H2,31,38)(H,33,37). The van der Waals surface area contributed by atoms with E-state index in [1.54, 1.807) is 0 Å². The van der Waals surface area contributed by atoms with Gasteiger partial charge in [0.05, 0.1) is 22.5 Å². The van der Waals surface area contributed by atoms with E-state index in [2.05, 4.69) is 22.4 Å². The fourth-order valence-electron chi connectivity index (χ4n) is 5.18. The average molecular weight is 569 g/mol. The molecule has 40 heavy (non-hydrogen) atoms. The summed E-state index contributed by atoms with van der Waals surface area (Å²) >= 11 is 2.76. The summed E-state index contributed by atoms with van der Waals surface area (Å²) in [5.41, 5.74) is 10.8. The number of benzene rings is 2. The van der Waals surface area contributed by atoms with E-state index in [1.165, 1.54) is 23.1 Å². The Hall–Kier alpha value is -4.02. The Morgan fingerprint density at radius 2 is 1.90 bits per heavy atom. The Labute approximate surface area is 240 Å². The number of para-hydroxylation sites is 1. The lowest BCUT2D eigenvalue weighted by atomic mass is 9.88. The number of thioether (sulfide) groups is 1. The Kier molecular flexibility index (Phi) is 7.12. The second kappa shape index (κ2) is 10.9. The number of nitrogens with two attached hydrogens (primary N) is 1. The van der Waals surface area contributed by atoms with Gasteiger partial charge in [-0.2, -0.15) is 0 Å². The number of carbonyl (C=O) groups is 2. The fourth-order valence-corrected chi connectivity index (χ4v) is 7.33. The normalized spacial score (nSPS) is 14.7. The van der Waals surface area contributed by atoms with Crippen molar-refractivity contribution in [1.29, 1.82) is 0 Å². The molecule has 202 valence electrons. The zero-order valence-electron chi connectivity index (χ0n) is 22.2. The number of primary amides is 1. The van der Waals surface area contributed by atoms with Gasteiger partial charge in [-0.15, -0.1) is 21.5 Å². The molecule has 0 spiro atoms. The summed E-state index contributed by atoms with van der Waals surface area (Å²) in [6, 6.07) is 20.0. The number of nitrogens with zero attached hydrogens (tertiary/aromatic N) is 4. The molecule has 2 amide bonds. The van der Waals surface area contributed by atoms with Crippen molar-refractivity contribution < 1.29 is 9.59 Å². The molecule has 3 N–H and O–H groups in total. The third-order valence-electron chi connectivity index (χ3n) is 7.20. The minimum Gasteiger partial charge on any atom is -0.365 e. The van der Waals surface area contributed by atoms with Crippen molar-refractivity contribution in [2.24, 2.45) is 18.7 Å². The zero-order valence-corrected chi connectivity index (χ0v) is 23.8. The smallest absolute Gasteiger partial charge is 0.251 e. The number of aromatic nitrogens is 4. The number of hydrogen-bond acceptors (Lipinski definition) is 7. The summed E-state index contributed by atoms with van der Waals surface area (Å²) in [4.78, 5) is 31.2. The fraction of sp³-hybridized carbons (Fsp3) is 0.233. The third-order valence-corrected chi connectivity index (χ3v) is 9.39. The minimum absolute atomic E-state index is 0.121. The van der Waals surface area contributed by atoms with Crippen LogP contribution in [0.25, 0.3) is 33.5 Å². The van der Waals surface area contributed by atoms with Gasteiger partial charge in [-0.1, -0.05) is 67.2 Å². The number of pyridine rings is 1. The maximum absolute atomic E-state index is 13.0. The van der Waals surface area contributed by atoms with Gasteiger partial charge in [0, 0.05) is 28.4 Å². The van der Waals surface area contributed by atoms with Crippen LogP contribution >= 0.6 is 23.1 Å². The Morgan fingerprint density at radius 1 is 1.12 bits per heavy atom. The van der Waals surface area contributed by atoms with Crippen LogP contribution in [0.5, 0.6) is 0 Å². The van der Waals surface area contributed by atoms with Crippen LogP contribution in [-0.4, -0.2) is 37.3 Å². The number of thiophene rings is 1. The molecule has 1 aliphatic carbocycles. The molecule has 0 bridgehead atoms. The van der Waals surface area contributed by atoms with Crippen LogP contribution in [0.1, 0.15) is 34.1 Å². The Balaban J connectivity index is 1.24. The number of amides is 2. The van der Waals surface area contributed by atoms with E-state index in [0.29, 0.717) is 27.5 Å². The van der Waals surface area contributed by atoms with E-state index in [-0.39, 0.29) is 11.7 Å². The van der Waals surface area contributed by atoms with Crippen LogP contribution in [0, 0.1) is 5.92 Å². The summed E-state index contributed by atoms with van der Waals surface area (Å²) in [5, 5.41) is 14.0. The molecular weight excluding hydrogens is 541 g/mol. The summed E-state index contributed by atoms with van der Waals surface area (Å²) < 4.78 is 1.90. The second-order valence-corrected chi connectivity index (χ2v) is 12.1. The SMILES string of the molecule is CC1CCc2c(sc(NC(=O)CSc3nnc(-c4cc(-c5ccccc5)nc5ccccc45)n3C)c2C(N)=O)C1. The first-order valence-electron chi connectivity index (χ1n) is 13.1. The number of rotatable bonds is 7. The molecule has 0 saturated carbocycles. The largest absolute Gasteiger partial charge is 0.365 e. The first-order chi connectivity index (χ1) is 19.4. The molecule has 0 aliphatic heterocycles. The molecule has 3 heterocycles. The highest BCUT2D eigenvalue weighted by Gasteiger charge is 2.27. The molecule has 1 unspecified atom stereocenters. The molecule has 1 atom stereocenters. The molecule has 0 radical (unpaired) electrons. The van der Waals surface area contributed by atoms with Crippen molar-refractivity contribution in [3.05, 3.63) is 76.7 Å². The summed E-state index contributed by atoms with van der Waals surface area (Å²) in [6.07, 6.45) is 2.73. The highest BCUT2D eigenvalue weighted by Crippen LogP contribution is 2.39. The molecule has 8 nitrogen and oxygen atoms in total. The predicted octanol–water partition coefficient (Wildman–Crippen LogP) is 5.71. The monoisotopic (exact) mass is 568 g/mol. The van der Waals surface area contributed by atoms with Crippen molar-refractivity contribution in [3.8, 4) is 22.6 Å². The predicted molar refractivity (Wildman–Crippen MR) is 161 cm³/mol. The van der Waals surface area contributed by atoms with Crippen molar-refractivity contribution in [1.82, 2.24) is 19.7 Å². The van der Waals surface area contributed by atoms with Crippen LogP contribution in [0.3, 0.4) is 0 Å². The molecule has 2 aromatic carbocycles. The number of hydrogen-bond donors (Lipinski definition) is 2. The van der Waals surface area contributed by atoms with E-state index in [0.717, 1.165) is 57.4 Å². The van der Waals surface area contributed by atoms with Gasteiger partial charge in [0.25, 0.3) is 5.91 Å². The average Bonchev–Trinajstić information content (AvgIpc) is 3.50. The lowest BCUT2D eigenvalue weighted by molar-refractivity contribution is -0.113. The molecule has 6 rings (SSSR count). The van der Waals surface area contributed by atoms with Gasteiger partial charge in [-0.05, 0) is 42.9 Å². The number of anilines is 1. The maximum Gasteiger partial charge on any atom is 0.251 e. The molecule has 5 aromatic rings. The Bertz CT molecular complexity index is 1740. The third kappa shape index (κ3) is 5.00. The van der Waals surface area contributed by atoms with E-state index >= 15 is 0 Å². The molecule has 0 saturated heterocycles. The Morgan fingerprint density at radius 3 is 2.70 bits per heavy atom. The van der Waals surface area contributed by atoms with Crippen LogP contribution in [-0.2, 0) is 24.7 Å². The molecule has 1 aliphatic rings. The lowest BCUT2D eigenvalue weighted by Gasteiger charge is -2.18. The van der Waals surface area contributed by atoms with E-state index < -0.39 is 5.91 Å². The highest BCUT2D eigenvalue weighted by molar-refractivity contribution is 7.99. The first-order valence-corrected chi connectivity index (χ1v) is 14.9. The van der Waals surface area contributed by atoms with Gasteiger partial charge in [0.2, 0.25) is 5.91 Å². The van der Waals surface area contributed by atoms with E-state index in [1.807, 2.05) is 72.3 Å². The van der Waals surface area contributed by atoms with Gasteiger partial charge in [-0.3, -0.25) is 9.59 Å². The van der Waals surface area contributed by atoms with Crippen LogP contribution in [0.4, 0.5) is 5.00 Å². The van der Waals surface area contributed by atoms with Crippen molar-refractivity contribution in [2.45, 2.75) is 31.3 Å². The molecular formula is C30H28N6O2S2. The van der Waals surface area contributed by atoms with E-state index in [4.69, 9.17) is 10.7 Å². The molecule has 0 fully saturated rings. The van der Waals surface area contributed by atoms with E-state index in [9.17, 15) is 9.59 Å². The molecule has 3 aromatic heterocycles. The lowest BCUT2D eigenvalue weighted by Crippen LogP contribution is -2.20. The summed E-state index contributed by atoms with van der Waals surface area (Å²) in [7, 11) is 1.90. The summed E-state index contributed by atoms with van der Waals surface area (Å²) in [5.74, 6) is 0.652. The quantitative estimate of drug-likeness (QED) is 0.243. The van der Waals surface area contributed by atoms with Crippen molar-refractivity contribution in [2.75, 3.05) is 11.1 Å². The van der Waals surface area contributed by atoms with Crippen LogP contribution in [0.15, 0.2) is 65.8 Å². The molecule has 10 heteroatoms.